The first-order valence-corrected chi connectivity index (χ1v) is 7.78. The van der Waals surface area contributed by atoms with Gasteiger partial charge in [-0.1, -0.05) is 11.6 Å². The summed E-state index contributed by atoms with van der Waals surface area (Å²) < 4.78 is 27.2. The maximum Gasteiger partial charge on any atom is 0.263 e. The van der Waals surface area contributed by atoms with E-state index >= 15 is 0 Å². The number of nitrogen functional groups attached to an aromatic ring is 1. The van der Waals surface area contributed by atoms with Gasteiger partial charge in [-0.2, -0.15) is 5.26 Å². The average Bonchev–Trinajstić information content (AvgIpc) is 2.41. The van der Waals surface area contributed by atoms with Crippen LogP contribution in [0.4, 0.5) is 11.4 Å². The molecule has 0 saturated heterocycles. The van der Waals surface area contributed by atoms with Crippen LogP contribution < -0.4 is 10.5 Å². The molecule has 0 aliphatic rings. The summed E-state index contributed by atoms with van der Waals surface area (Å²) in [5, 5.41) is 8.76. The predicted octanol–water partition coefficient (Wildman–Crippen LogP) is 2.90. The third-order valence-corrected chi connectivity index (χ3v) is 4.69. The summed E-state index contributed by atoms with van der Waals surface area (Å²) in [5.74, 6) is 0. The van der Waals surface area contributed by atoms with Gasteiger partial charge in [0.1, 0.15) is 4.90 Å². The minimum Gasteiger partial charge on any atom is -0.399 e. The molecule has 2 aromatic rings. The number of halogens is 1. The van der Waals surface area contributed by atoms with Crippen LogP contribution in [0.2, 0.25) is 5.02 Å². The standard InChI is InChI=1S/C14H12ClN3O2S/c1-9-6-11(17)3-4-13(9)18-21(19,20)14-5-2-10(8-16)7-12(14)15/h2-7,18H,17H2,1H3. The topological polar surface area (TPSA) is 96.0 Å². The highest BCUT2D eigenvalue weighted by Gasteiger charge is 2.19. The molecule has 3 N–H and O–H groups in total. The smallest absolute Gasteiger partial charge is 0.263 e. The fourth-order valence-corrected chi connectivity index (χ4v) is 3.47. The van der Waals surface area contributed by atoms with Gasteiger partial charge in [-0.05, 0) is 48.9 Å². The van der Waals surface area contributed by atoms with Gasteiger partial charge in [0.25, 0.3) is 10.0 Å². The molecule has 2 aromatic carbocycles. The number of anilines is 2. The van der Waals surface area contributed by atoms with Crippen LogP contribution in [0, 0.1) is 18.3 Å². The van der Waals surface area contributed by atoms with E-state index in [0.29, 0.717) is 22.5 Å². The molecule has 0 amide bonds. The highest BCUT2D eigenvalue weighted by atomic mass is 35.5. The maximum absolute atomic E-state index is 12.3. The van der Waals surface area contributed by atoms with E-state index in [-0.39, 0.29) is 9.92 Å². The third-order valence-electron chi connectivity index (χ3n) is 2.85. The van der Waals surface area contributed by atoms with Crippen LogP contribution in [0.5, 0.6) is 0 Å². The van der Waals surface area contributed by atoms with Gasteiger partial charge >= 0.3 is 0 Å². The number of nitrogens with one attached hydrogen (secondary N) is 1. The molecule has 0 radical (unpaired) electrons. The Morgan fingerprint density at radius 3 is 2.52 bits per heavy atom. The van der Waals surface area contributed by atoms with E-state index in [0.717, 1.165) is 0 Å². The first-order valence-electron chi connectivity index (χ1n) is 5.92. The van der Waals surface area contributed by atoms with Crippen LogP contribution in [0.25, 0.3) is 0 Å². The Hall–Kier alpha value is -2.23. The SMILES string of the molecule is Cc1cc(N)ccc1NS(=O)(=O)c1ccc(C#N)cc1Cl. The second-order valence-electron chi connectivity index (χ2n) is 4.44. The van der Waals surface area contributed by atoms with Crippen molar-refractivity contribution in [3.05, 3.63) is 52.5 Å². The van der Waals surface area contributed by atoms with Gasteiger partial charge < -0.3 is 5.73 Å². The highest BCUT2D eigenvalue weighted by Crippen LogP contribution is 2.26. The molecular formula is C14H12ClN3O2S. The summed E-state index contributed by atoms with van der Waals surface area (Å²) in [6.07, 6.45) is 0. The second kappa shape index (κ2) is 5.64. The molecule has 0 heterocycles. The Balaban J connectivity index is 2.41. The first kappa shape index (κ1) is 15.2. The van der Waals surface area contributed by atoms with E-state index < -0.39 is 10.0 Å². The lowest BCUT2D eigenvalue weighted by atomic mass is 10.2. The van der Waals surface area contributed by atoms with Crippen molar-refractivity contribution in [3.63, 3.8) is 0 Å². The summed E-state index contributed by atoms with van der Waals surface area (Å²) in [4.78, 5) is -0.0839. The fraction of sp³-hybridized carbons (Fsp3) is 0.0714. The minimum atomic E-state index is -3.84. The van der Waals surface area contributed by atoms with E-state index in [9.17, 15) is 8.42 Å². The van der Waals surface area contributed by atoms with Crippen LogP contribution >= 0.6 is 11.6 Å². The fourth-order valence-electron chi connectivity index (χ4n) is 1.79. The Bertz CT molecular complexity index is 842. The van der Waals surface area contributed by atoms with E-state index in [4.69, 9.17) is 22.6 Å². The van der Waals surface area contributed by atoms with Gasteiger partial charge in [0.05, 0.1) is 22.3 Å². The number of hydrogen-bond acceptors (Lipinski definition) is 4. The number of nitriles is 1. The number of hydrogen-bond donors (Lipinski definition) is 2. The van der Waals surface area contributed by atoms with Crippen LogP contribution in [0.3, 0.4) is 0 Å². The molecule has 2 rings (SSSR count). The van der Waals surface area contributed by atoms with E-state index in [1.54, 1.807) is 25.1 Å². The molecule has 0 unspecified atom stereocenters. The summed E-state index contributed by atoms with van der Waals surface area (Å²) in [6.45, 7) is 1.74. The van der Waals surface area contributed by atoms with Gasteiger partial charge in [0.2, 0.25) is 0 Å². The lowest BCUT2D eigenvalue weighted by Crippen LogP contribution is -2.14. The molecule has 0 spiro atoms. The number of aryl methyl sites for hydroxylation is 1. The number of sulfonamides is 1. The Labute approximate surface area is 128 Å². The van der Waals surface area contributed by atoms with Crippen LogP contribution in [0.1, 0.15) is 11.1 Å². The zero-order valence-electron chi connectivity index (χ0n) is 11.1. The lowest BCUT2D eigenvalue weighted by molar-refractivity contribution is 0.601. The lowest BCUT2D eigenvalue weighted by Gasteiger charge is -2.12. The largest absolute Gasteiger partial charge is 0.399 e. The molecule has 0 fully saturated rings. The Morgan fingerprint density at radius 1 is 1.24 bits per heavy atom. The normalized spacial score (nSPS) is 10.9. The van der Waals surface area contributed by atoms with Gasteiger partial charge in [-0.3, -0.25) is 4.72 Å². The molecule has 5 nitrogen and oxygen atoms in total. The Kier molecular flexibility index (Phi) is 4.07. The van der Waals surface area contributed by atoms with E-state index in [1.807, 2.05) is 6.07 Å². The van der Waals surface area contributed by atoms with Gasteiger partial charge in [0, 0.05) is 5.69 Å². The highest BCUT2D eigenvalue weighted by molar-refractivity contribution is 7.92. The van der Waals surface area contributed by atoms with Crippen molar-refractivity contribution in [2.24, 2.45) is 0 Å². The van der Waals surface area contributed by atoms with Crippen molar-refractivity contribution in [1.29, 1.82) is 5.26 Å². The molecule has 21 heavy (non-hydrogen) atoms. The molecule has 108 valence electrons. The van der Waals surface area contributed by atoms with Crippen molar-refractivity contribution >= 4 is 33.0 Å². The van der Waals surface area contributed by atoms with Crippen LogP contribution in [-0.4, -0.2) is 8.42 Å². The van der Waals surface area contributed by atoms with Crippen molar-refractivity contribution in [2.75, 3.05) is 10.5 Å². The number of benzene rings is 2. The second-order valence-corrected chi connectivity index (χ2v) is 6.49. The van der Waals surface area contributed by atoms with E-state index in [1.165, 1.54) is 18.2 Å². The maximum atomic E-state index is 12.3. The van der Waals surface area contributed by atoms with E-state index in [2.05, 4.69) is 4.72 Å². The van der Waals surface area contributed by atoms with Crippen LogP contribution in [0.15, 0.2) is 41.3 Å². The summed E-state index contributed by atoms with van der Waals surface area (Å²) in [6, 6.07) is 10.8. The van der Waals surface area contributed by atoms with Crippen molar-refractivity contribution in [3.8, 4) is 6.07 Å². The summed E-state index contributed by atoms with van der Waals surface area (Å²) in [5.41, 5.74) is 7.59. The molecule has 0 aromatic heterocycles. The summed E-state index contributed by atoms with van der Waals surface area (Å²) >= 11 is 5.93. The Morgan fingerprint density at radius 2 is 1.95 bits per heavy atom. The number of nitrogens with two attached hydrogens (primary N) is 1. The average molecular weight is 322 g/mol. The summed E-state index contributed by atoms with van der Waals surface area (Å²) in [7, 11) is -3.84. The molecule has 7 heteroatoms. The number of rotatable bonds is 3. The molecule has 0 saturated carbocycles. The molecule has 0 bridgehead atoms. The minimum absolute atomic E-state index is 0.00496. The molecule has 0 aliphatic carbocycles. The predicted molar refractivity (Wildman–Crippen MR) is 82.6 cm³/mol. The zero-order valence-corrected chi connectivity index (χ0v) is 12.7. The molecular weight excluding hydrogens is 310 g/mol. The van der Waals surface area contributed by atoms with Crippen molar-refractivity contribution in [1.82, 2.24) is 0 Å². The van der Waals surface area contributed by atoms with Gasteiger partial charge in [-0.25, -0.2) is 8.42 Å². The van der Waals surface area contributed by atoms with Crippen molar-refractivity contribution < 1.29 is 8.42 Å². The van der Waals surface area contributed by atoms with Gasteiger partial charge in [-0.15, -0.1) is 0 Å². The number of nitrogens with zero attached hydrogens (tertiary/aromatic N) is 1. The monoisotopic (exact) mass is 321 g/mol. The molecule has 0 atom stereocenters. The molecule has 0 aliphatic heterocycles. The zero-order chi connectivity index (χ0) is 15.6. The third kappa shape index (κ3) is 3.27. The quantitative estimate of drug-likeness (QED) is 0.849. The van der Waals surface area contributed by atoms with Gasteiger partial charge in [0.15, 0.2) is 0 Å². The first-order chi connectivity index (χ1) is 9.83. The van der Waals surface area contributed by atoms with Crippen molar-refractivity contribution in [2.45, 2.75) is 11.8 Å². The van der Waals surface area contributed by atoms with Crippen LogP contribution in [-0.2, 0) is 10.0 Å².